The molecule has 0 saturated heterocycles. The number of hydrogen-bond acceptors (Lipinski definition) is 5. The lowest BCUT2D eigenvalue weighted by Crippen LogP contribution is -2.37. The molecule has 0 aromatic carbocycles. The molecule has 1 unspecified atom stereocenters. The molecule has 0 heterocycles. The molecule has 0 rings (SSSR count). The van der Waals surface area contributed by atoms with Gasteiger partial charge in [0.15, 0.2) is 0 Å². The molecule has 34 heavy (non-hydrogen) atoms. The number of aliphatic hydroxyl groups is 1. The van der Waals surface area contributed by atoms with Crippen LogP contribution in [0.15, 0.2) is 0 Å². The molecule has 0 saturated carbocycles. The second-order valence-electron chi connectivity index (χ2n) is 10.1. The van der Waals surface area contributed by atoms with E-state index in [-0.39, 0.29) is 32.7 Å². The molecule has 0 aliphatic heterocycles. The van der Waals surface area contributed by atoms with E-state index in [1.165, 1.54) is 19.3 Å². The van der Waals surface area contributed by atoms with Gasteiger partial charge in [0.05, 0.1) is 34.4 Å². The molecule has 206 valence electrons. The number of ether oxygens (including phenoxy) is 1. The number of likely N-dealkylation sites (N-methyl/N-ethyl adjacent to an activating group) is 1. The Labute approximate surface area is 216 Å². The van der Waals surface area contributed by atoms with Crippen LogP contribution in [0.25, 0.3) is 0 Å². The van der Waals surface area contributed by atoms with E-state index >= 15 is 0 Å². The zero-order valence-corrected chi connectivity index (χ0v) is 23.3. The van der Waals surface area contributed by atoms with Crippen molar-refractivity contribution in [1.29, 1.82) is 0 Å². The van der Waals surface area contributed by atoms with E-state index in [0.717, 1.165) is 51.4 Å². The summed E-state index contributed by atoms with van der Waals surface area (Å²) in [6, 6.07) is 0. The first kappa shape index (κ1) is 27.0. The van der Waals surface area contributed by atoms with E-state index in [0.29, 0.717) is 24.1 Å². The lowest BCUT2D eigenvalue weighted by molar-refractivity contribution is -0.870. The SMILES string of the molecule is [2H]C([2H])(CCCCCCCC)C([2H])([2H])CCCCCCCCOC[C@@H](O)COP(=O)(O)OCC[N+](C)(C)C. The van der Waals surface area contributed by atoms with E-state index in [9.17, 15) is 14.6 Å². The van der Waals surface area contributed by atoms with E-state index < -0.39 is 26.7 Å². The van der Waals surface area contributed by atoms with Gasteiger partial charge >= 0.3 is 7.82 Å². The zero-order valence-electron chi connectivity index (χ0n) is 26.4. The van der Waals surface area contributed by atoms with Crippen LogP contribution in [0.3, 0.4) is 0 Å². The number of phosphoric ester groups is 1. The lowest BCUT2D eigenvalue weighted by Gasteiger charge is -2.24. The molecule has 0 amide bonds. The van der Waals surface area contributed by atoms with Gasteiger partial charge in [-0.3, -0.25) is 9.05 Å². The molecule has 7 nitrogen and oxygen atoms in total. The summed E-state index contributed by atoms with van der Waals surface area (Å²) >= 11 is 0. The maximum absolute atomic E-state index is 11.8. The highest BCUT2D eigenvalue weighted by atomic mass is 31.2. The van der Waals surface area contributed by atoms with Crippen LogP contribution in [-0.4, -0.2) is 74.7 Å². The van der Waals surface area contributed by atoms with Gasteiger partial charge < -0.3 is 19.2 Å². The average molecular weight is 515 g/mol. The standard InChI is InChI=1S/C26H56NO6P/c1-5-6-7-8-9-10-11-12-13-14-15-16-17-18-19-20-22-31-24-26(28)25-33-34(29,30)32-23-21-27(2,3)4/h26,28H,5-25H2,1-4H3/p+1/t26-/m1/s1/i12D2,13D2. The predicted octanol–water partition coefficient (Wildman–Crippen LogP) is 6.47. The highest BCUT2D eigenvalue weighted by molar-refractivity contribution is 7.47. The van der Waals surface area contributed by atoms with Gasteiger partial charge in [-0.05, 0) is 6.42 Å². The smallest absolute Gasteiger partial charge is 0.388 e. The topological polar surface area (TPSA) is 85.2 Å². The van der Waals surface area contributed by atoms with Crippen LogP contribution in [0.1, 0.15) is 115 Å². The normalized spacial score (nSPS) is 17.5. The molecular formula is C26H57NO6P+. The Bertz CT molecular complexity index is 637. The minimum Gasteiger partial charge on any atom is -0.388 e. The Morgan fingerprint density at radius 2 is 1.26 bits per heavy atom. The second kappa shape index (κ2) is 22.2. The number of phosphoric acid groups is 1. The fourth-order valence-electron chi connectivity index (χ4n) is 3.21. The molecule has 0 aromatic heterocycles. The zero-order chi connectivity index (χ0) is 29.1. The van der Waals surface area contributed by atoms with Crippen molar-refractivity contribution in [1.82, 2.24) is 0 Å². The molecule has 0 bridgehead atoms. The molecule has 0 aromatic rings. The van der Waals surface area contributed by atoms with Crippen LogP contribution < -0.4 is 0 Å². The number of nitrogens with zero attached hydrogens (tertiary/aromatic N) is 1. The van der Waals surface area contributed by atoms with Crippen molar-refractivity contribution >= 4 is 7.82 Å². The number of hydrogen-bond donors (Lipinski definition) is 2. The van der Waals surface area contributed by atoms with Crippen LogP contribution in [0.5, 0.6) is 0 Å². The molecular weight excluding hydrogens is 453 g/mol. The Hall–Kier alpha value is -0.0100. The minimum absolute atomic E-state index is 0.00863. The van der Waals surface area contributed by atoms with Crippen molar-refractivity contribution in [3.05, 3.63) is 0 Å². The summed E-state index contributed by atoms with van der Waals surface area (Å²) in [5, 5.41) is 9.88. The van der Waals surface area contributed by atoms with Gasteiger partial charge in [-0.25, -0.2) is 4.57 Å². The Morgan fingerprint density at radius 3 is 1.79 bits per heavy atom. The van der Waals surface area contributed by atoms with Crippen LogP contribution in [0, 0.1) is 0 Å². The Morgan fingerprint density at radius 1 is 0.765 bits per heavy atom. The van der Waals surface area contributed by atoms with E-state index in [4.69, 9.17) is 19.3 Å². The van der Waals surface area contributed by atoms with Gasteiger partial charge in [0, 0.05) is 12.1 Å². The van der Waals surface area contributed by atoms with Crippen molar-refractivity contribution in [2.24, 2.45) is 0 Å². The monoisotopic (exact) mass is 514 g/mol. The van der Waals surface area contributed by atoms with Crippen LogP contribution >= 0.6 is 7.82 Å². The van der Waals surface area contributed by atoms with Gasteiger partial charge in [-0.2, -0.15) is 0 Å². The highest BCUT2D eigenvalue weighted by Crippen LogP contribution is 2.43. The third kappa shape index (κ3) is 26.6. The van der Waals surface area contributed by atoms with Crippen molar-refractivity contribution in [3.8, 4) is 0 Å². The Balaban J connectivity index is 3.79. The first-order valence-corrected chi connectivity index (χ1v) is 14.8. The summed E-state index contributed by atoms with van der Waals surface area (Å²) in [5.41, 5.74) is 0. The summed E-state index contributed by atoms with van der Waals surface area (Å²) in [6.07, 6.45) is 7.62. The molecule has 0 spiro atoms. The van der Waals surface area contributed by atoms with Crippen molar-refractivity contribution in [2.75, 3.05) is 54.1 Å². The molecule has 0 fully saturated rings. The quantitative estimate of drug-likeness (QED) is 0.0782. The third-order valence-corrected chi connectivity index (χ3v) is 6.36. The van der Waals surface area contributed by atoms with E-state index in [1.807, 2.05) is 21.1 Å². The molecule has 2 N–H and O–H groups in total. The van der Waals surface area contributed by atoms with Crippen molar-refractivity contribution in [2.45, 2.75) is 116 Å². The molecule has 2 atom stereocenters. The summed E-state index contributed by atoms with van der Waals surface area (Å²) < 4.78 is 60.4. The number of aliphatic hydroxyl groups excluding tert-OH is 1. The van der Waals surface area contributed by atoms with Crippen molar-refractivity contribution < 1.29 is 38.3 Å². The maximum Gasteiger partial charge on any atom is 0.472 e. The predicted molar refractivity (Wildman–Crippen MR) is 141 cm³/mol. The van der Waals surface area contributed by atoms with Gasteiger partial charge in [-0.15, -0.1) is 0 Å². The van der Waals surface area contributed by atoms with Gasteiger partial charge in [-0.1, -0.05) is 103 Å². The van der Waals surface area contributed by atoms with Crippen LogP contribution in [0.4, 0.5) is 0 Å². The first-order chi connectivity index (χ1) is 17.6. The molecule has 8 heteroatoms. The van der Waals surface area contributed by atoms with Crippen LogP contribution in [0.2, 0.25) is 0 Å². The lowest BCUT2D eigenvalue weighted by atomic mass is 10.0. The van der Waals surface area contributed by atoms with E-state index in [1.54, 1.807) is 0 Å². The molecule has 0 aliphatic carbocycles. The first-order valence-electron chi connectivity index (χ1n) is 15.3. The fraction of sp³-hybridized carbons (Fsp3) is 1.00. The van der Waals surface area contributed by atoms with Gasteiger partial charge in [0.1, 0.15) is 19.3 Å². The third-order valence-electron chi connectivity index (χ3n) is 5.38. The largest absolute Gasteiger partial charge is 0.472 e. The average Bonchev–Trinajstić information content (AvgIpc) is 2.80. The molecule has 0 radical (unpaired) electrons. The summed E-state index contributed by atoms with van der Waals surface area (Å²) in [6.45, 7) is 2.92. The molecule has 0 aliphatic rings. The van der Waals surface area contributed by atoms with E-state index in [2.05, 4.69) is 6.92 Å². The minimum atomic E-state index is -4.20. The van der Waals surface area contributed by atoms with Gasteiger partial charge in [0.25, 0.3) is 0 Å². The maximum atomic E-state index is 11.8. The highest BCUT2D eigenvalue weighted by Gasteiger charge is 2.24. The number of rotatable bonds is 26. The number of unbranched alkanes of at least 4 members (excludes halogenated alkanes) is 10. The fourth-order valence-corrected chi connectivity index (χ4v) is 3.96. The second-order valence-corrected chi connectivity index (χ2v) is 11.5. The summed E-state index contributed by atoms with van der Waals surface area (Å²) in [5.74, 6) is 0. The van der Waals surface area contributed by atoms with Crippen LogP contribution in [-0.2, 0) is 18.3 Å². The van der Waals surface area contributed by atoms with Gasteiger partial charge in [0.2, 0.25) is 0 Å². The van der Waals surface area contributed by atoms with Crippen molar-refractivity contribution in [3.63, 3.8) is 0 Å². The number of quaternary nitrogens is 1. The summed E-state index contributed by atoms with van der Waals surface area (Å²) in [7, 11) is 1.63. The summed E-state index contributed by atoms with van der Waals surface area (Å²) in [4.78, 5) is 9.65. The Kier molecular flexibility index (Phi) is 17.7.